The Kier molecular flexibility index (Phi) is 5.36. The number of likely N-dealkylation sites (N-methyl/N-ethyl adjacent to an activating group) is 1. The van der Waals surface area contributed by atoms with Crippen molar-refractivity contribution in [3.05, 3.63) is 64.1 Å². The van der Waals surface area contributed by atoms with Crippen LogP contribution in [0.3, 0.4) is 0 Å². The van der Waals surface area contributed by atoms with Gasteiger partial charge in [-0.15, -0.1) is 0 Å². The van der Waals surface area contributed by atoms with Crippen LogP contribution in [0.4, 0.5) is 5.69 Å². The number of carbonyl (C=O) groups excluding carboxylic acids is 1. The summed E-state index contributed by atoms with van der Waals surface area (Å²) in [6.07, 6.45) is 1.51. The number of aromatic amines is 1. The fraction of sp³-hybridized carbons (Fsp3) is 0.294. The molecule has 5 nitrogen and oxygen atoms in total. The molecule has 2 N–H and O–H groups in total. The molecule has 0 saturated heterocycles. The number of para-hydroxylation sites is 1. The molecule has 1 amide bonds. The van der Waals surface area contributed by atoms with Gasteiger partial charge < -0.3 is 15.2 Å². The minimum Gasteiger partial charge on any atom is -0.370 e. The summed E-state index contributed by atoms with van der Waals surface area (Å²) in [6.45, 7) is 6.18. The van der Waals surface area contributed by atoms with Crippen LogP contribution in [-0.4, -0.2) is 30.5 Å². The van der Waals surface area contributed by atoms with Crippen molar-refractivity contribution in [3.8, 4) is 0 Å². The van der Waals surface area contributed by atoms with E-state index in [1.54, 1.807) is 6.07 Å². The molecule has 0 fully saturated rings. The quantitative estimate of drug-likeness (QED) is 0.856. The minimum absolute atomic E-state index is 0.140. The Balaban J connectivity index is 1.95. The highest BCUT2D eigenvalue weighted by Crippen LogP contribution is 2.18. The van der Waals surface area contributed by atoms with Crippen LogP contribution in [0.1, 0.15) is 22.8 Å². The number of anilines is 1. The predicted molar refractivity (Wildman–Crippen MR) is 88.5 cm³/mol. The lowest BCUT2D eigenvalue weighted by Crippen LogP contribution is -2.37. The Bertz CT molecular complexity index is 694. The number of hydrogen-bond acceptors (Lipinski definition) is 3. The largest absolute Gasteiger partial charge is 0.370 e. The summed E-state index contributed by atoms with van der Waals surface area (Å²) >= 11 is 0. The molecule has 0 aliphatic rings. The van der Waals surface area contributed by atoms with Gasteiger partial charge in [0.05, 0.1) is 0 Å². The van der Waals surface area contributed by atoms with Crippen molar-refractivity contribution in [2.45, 2.75) is 13.8 Å². The number of amides is 1. The van der Waals surface area contributed by atoms with Crippen LogP contribution >= 0.6 is 0 Å². The van der Waals surface area contributed by atoms with Crippen molar-refractivity contribution < 1.29 is 4.79 Å². The van der Waals surface area contributed by atoms with Crippen LogP contribution in [0, 0.1) is 6.92 Å². The molecule has 22 heavy (non-hydrogen) atoms. The first-order valence-corrected chi connectivity index (χ1v) is 7.40. The second-order valence-electron chi connectivity index (χ2n) is 5.03. The Morgan fingerprint density at radius 1 is 1.23 bits per heavy atom. The highest BCUT2D eigenvalue weighted by molar-refractivity contribution is 5.93. The van der Waals surface area contributed by atoms with E-state index in [-0.39, 0.29) is 17.0 Å². The van der Waals surface area contributed by atoms with Crippen molar-refractivity contribution in [1.29, 1.82) is 0 Å². The topological polar surface area (TPSA) is 65.2 Å². The van der Waals surface area contributed by atoms with E-state index in [0.29, 0.717) is 13.1 Å². The van der Waals surface area contributed by atoms with Gasteiger partial charge in [-0.05, 0) is 37.6 Å². The molecular formula is C17H21N3O2. The van der Waals surface area contributed by atoms with Gasteiger partial charge in [-0.2, -0.15) is 0 Å². The Hall–Kier alpha value is -2.56. The Morgan fingerprint density at radius 3 is 2.68 bits per heavy atom. The standard InChI is InChI=1S/C17H21N3O2/c1-3-20(15-9-5-4-7-13(15)2)12-11-19-17(22)14-8-6-10-18-16(14)21/h4-10H,3,11-12H2,1-2H3,(H,18,21)(H,19,22). The van der Waals surface area contributed by atoms with E-state index in [4.69, 9.17) is 0 Å². The molecule has 0 radical (unpaired) electrons. The van der Waals surface area contributed by atoms with Crippen molar-refractivity contribution in [1.82, 2.24) is 10.3 Å². The Labute approximate surface area is 130 Å². The zero-order valence-corrected chi connectivity index (χ0v) is 12.9. The van der Waals surface area contributed by atoms with Crippen molar-refractivity contribution >= 4 is 11.6 Å². The number of benzene rings is 1. The molecule has 2 aromatic rings. The molecular weight excluding hydrogens is 278 g/mol. The van der Waals surface area contributed by atoms with E-state index in [1.165, 1.54) is 17.8 Å². The number of rotatable bonds is 6. The lowest BCUT2D eigenvalue weighted by Gasteiger charge is -2.25. The van der Waals surface area contributed by atoms with E-state index in [2.05, 4.69) is 41.2 Å². The lowest BCUT2D eigenvalue weighted by atomic mass is 10.2. The molecule has 0 bridgehead atoms. The fourth-order valence-electron chi connectivity index (χ4n) is 2.37. The van der Waals surface area contributed by atoms with Crippen molar-refractivity contribution in [2.24, 2.45) is 0 Å². The molecule has 0 saturated carbocycles. The zero-order chi connectivity index (χ0) is 15.9. The summed E-state index contributed by atoms with van der Waals surface area (Å²) in [5.74, 6) is -0.345. The average molecular weight is 299 g/mol. The molecule has 2 rings (SSSR count). The average Bonchev–Trinajstić information content (AvgIpc) is 2.53. The van der Waals surface area contributed by atoms with Gasteiger partial charge in [0, 0.05) is 31.5 Å². The van der Waals surface area contributed by atoms with Gasteiger partial charge in [0.2, 0.25) is 0 Å². The smallest absolute Gasteiger partial charge is 0.260 e. The molecule has 0 aliphatic carbocycles. The molecule has 0 atom stereocenters. The third-order valence-corrected chi connectivity index (χ3v) is 3.57. The summed E-state index contributed by atoms with van der Waals surface area (Å²) < 4.78 is 0. The number of pyridine rings is 1. The first kappa shape index (κ1) is 15.8. The molecule has 0 spiro atoms. The lowest BCUT2D eigenvalue weighted by molar-refractivity contribution is 0.0953. The maximum Gasteiger partial charge on any atom is 0.260 e. The van der Waals surface area contributed by atoms with Gasteiger partial charge in [0.15, 0.2) is 0 Å². The van der Waals surface area contributed by atoms with Crippen LogP contribution in [-0.2, 0) is 0 Å². The van der Waals surface area contributed by atoms with Crippen LogP contribution in [0.25, 0.3) is 0 Å². The number of hydrogen-bond donors (Lipinski definition) is 2. The van der Waals surface area contributed by atoms with E-state index in [1.807, 2.05) is 12.1 Å². The number of carbonyl (C=O) groups is 1. The SMILES string of the molecule is CCN(CCNC(=O)c1ccc[nH]c1=O)c1ccccc1C. The summed E-state index contributed by atoms with van der Waals surface area (Å²) in [7, 11) is 0. The van der Waals surface area contributed by atoms with Crippen molar-refractivity contribution in [3.63, 3.8) is 0 Å². The van der Waals surface area contributed by atoms with Gasteiger partial charge >= 0.3 is 0 Å². The summed E-state index contributed by atoms with van der Waals surface area (Å²) in [4.78, 5) is 28.2. The summed E-state index contributed by atoms with van der Waals surface area (Å²) in [5, 5.41) is 2.79. The van der Waals surface area contributed by atoms with Crippen LogP contribution in [0.5, 0.6) is 0 Å². The molecule has 116 valence electrons. The molecule has 0 aliphatic heterocycles. The molecule has 1 heterocycles. The Morgan fingerprint density at radius 2 is 2.00 bits per heavy atom. The second kappa shape index (κ2) is 7.45. The first-order chi connectivity index (χ1) is 10.6. The maximum atomic E-state index is 12.0. The zero-order valence-electron chi connectivity index (χ0n) is 12.9. The van der Waals surface area contributed by atoms with Gasteiger partial charge in [0.25, 0.3) is 11.5 Å². The number of nitrogens with zero attached hydrogens (tertiary/aromatic N) is 1. The third-order valence-electron chi connectivity index (χ3n) is 3.57. The number of aromatic nitrogens is 1. The number of H-pyrrole nitrogens is 1. The third kappa shape index (κ3) is 3.75. The van der Waals surface area contributed by atoms with E-state index in [9.17, 15) is 9.59 Å². The van der Waals surface area contributed by atoms with Gasteiger partial charge in [0.1, 0.15) is 5.56 Å². The van der Waals surface area contributed by atoms with E-state index in [0.717, 1.165) is 12.2 Å². The van der Waals surface area contributed by atoms with Crippen LogP contribution in [0.2, 0.25) is 0 Å². The number of nitrogens with one attached hydrogen (secondary N) is 2. The van der Waals surface area contributed by atoms with Crippen LogP contribution in [0.15, 0.2) is 47.4 Å². The van der Waals surface area contributed by atoms with E-state index >= 15 is 0 Å². The molecule has 0 unspecified atom stereocenters. The highest BCUT2D eigenvalue weighted by atomic mass is 16.2. The fourth-order valence-corrected chi connectivity index (χ4v) is 2.37. The van der Waals surface area contributed by atoms with E-state index < -0.39 is 0 Å². The summed E-state index contributed by atoms with van der Waals surface area (Å²) in [5.41, 5.74) is 2.14. The maximum absolute atomic E-state index is 12.0. The second-order valence-corrected chi connectivity index (χ2v) is 5.03. The first-order valence-electron chi connectivity index (χ1n) is 7.40. The van der Waals surface area contributed by atoms with Crippen LogP contribution < -0.4 is 15.8 Å². The molecule has 1 aromatic heterocycles. The normalized spacial score (nSPS) is 10.3. The van der Waals surface area contributed by atoms with Gasteiger partial charge in [-0.1, -0.05) is 18.2 Å². The molecule has 5 heteroatoms. The molecule has 1 aromatic carbocycles. The summed E-state index contributed by atoms with van der Waals surface area (Å²) in [6, 6.07) is 11.3. The monoisotopic (exact) mass is 299 g/mol. The predicted octanol–water partition coefficient (Wildman–Crippen LogP) is 1.94. The highest BCUT2D eigenvalue weighted by Gasteiger charge is 2.10. The number of aryl methyl sites for hydroxylation is 1. The van der Waals surface area contributed by atoms with Gasteiger partial charge in [-0.25, -0.2) is 0 Å². The van der Waals surface area contributed by atoms with Crippen molar-refractivity contribution in [2.75, 3.05) is 24.5 Å². The minimum atomic E-state index is -0.369. The van der Waals surface area contributed by atoms with Gasteiger partial charge in [-0.3, -0.25) is 9.59 Å².